The molecule has 0 bridgehead atoms. The van der Waals surface area contributed by atoms with E-state index in [2.05, 4.69) is 10.1 Å². The monoisotopic (exact) mass is 483 g/mol. The fraction of sp³-hybridized carbons (Fsp3) is 0.0400. The Morgan fingerprint density at radius 1 is 0.912 bits per heavy atom. The van der Waals surface area contributed by atoms with Gasteiger partial charge >= 0.3 is 0 Å². The van der Waals surface area contributed by atoms with E-state index < -0.39 is 17.5 Å². The van der Waals surface area contributed by atoms with E-state index >= 15 is 0 Å². The van der Waals surface area contributed by atoms with Crippen LogP contribution in [0.5, 0.6) is 5.75 Å². The number of H-pyrrole nitrogens is 1. The predicted molar refractivity (Wildman–Crippen MR) is 125 cm³/mol. The lowest BCUT2D eigenvalue weighted by Crippen LogP contribution is -2.14. The fourth-order valence-corrected chi connectivity index (χ4v) is 3.62. The van der Waals surface area contributed by atoms with Gasteiger partial charge in [-0.25, -0.2) is 17.9 Å². The zero-order chi connectivity index (χ0) is 22.9. The summed E-state index contributed by atoms with van der Waals surface area (Å²) >= 11 is 0. The Labute approximate surface area is 197 Å². The molecule has 1 N–H and O–H groups in total. The normalized spacial score (nSPS) is 10.8. The summed E-state index contributed by atoms with van der Waals surface area (Å²) in [5.74, 6) is -2.71. The second-order valence-electron chi connectivity index (χ2n) is 7.36. The lowest BCUT2D eigenvalue weighted by atomic mass is 10.0. The third-order valence-electron chi connectivity index (χ3n) is 5.28. The molecule has 0 amide bonds. The van der Waals surface area contributed by atoms with Crippen molar-refractivity contribution in [1.29, 1.82) is 0 Å². The molecule has 5 rings (SSSR count). The zero-order valence-corrected chi connectivity index (χ0v) is 18.3. The van der Waals surface area contributed by atoms with Crippen molar-refractivity contribution in [1.82, 2.24) is 14.8 Å². The van der Waals surface area contributed by atoms with E-state index in [0.29, 0.717) is 34.0 Å². The molecular formula is C25H17ClF3N3O2. The largest absolute Gasteiger partial charge is 0.489 e. The van der Waals surface area contributed by atoms with E-state index in [9.17, 15) is 18.0 Å². The highest BCUT2D eigenvalue weighted by Crippen LogP contribution is 2.27. The van der Waals surface area contributed by atoms with Crippen molar-refractivity contribution in [3.05, 3.63) is 112 Å². The molecule has 0 radical (unpaired) electrons. The van der Waals surface area contributed by atoms with Crippen molar-refractivity contribution in [2.75, 3.05) is 0 Å². The Balaban J connectivity index is 0.00000274. The number of halogens is 4. The van der Waals surface area contributed by atoms with Crippen molar-refractivity contribution in [2.24, 2.45) is 0 Å². The maximum Gasteiger partial charge on any atom is 0.279 e. The van der Waals surface area contributed by atoms with Crippen LogP contribution in [-0.2, 0) is 6.61 Å². The summed E-state index contributed by atoms with van der Waals surface area (Å²) in [6.45, 7) is 0.170. The molecule has 3 aromatic carbocycles. The molecule has 172 valence electrons. The Kier molecular flexibility index (Phi) is 6.43. The maximum atomic E-state index is 14.0. The highest BCUT2D eigenvalue weighted by atomic mass is 35.5. The minimum Gasteiger partial charge on any atom is -0.489 e. The number of nitrogens with zero attached hydrogens (tertiary/aromatic N) is 2. The molecule has 0 fully saturated rings. The average Bonchev–Trinajstić information content (AvgIpc) is 3.18. The van der Waals surface area contributed by atoms with Gasteiger partial charge in [0.05, 0.1) is 22.8 Å². The van der Waals surface area contributed by atoms with Crippen LogP contribution in [0.4, 0.5) is 13.2 Å². The lowest BCUT2D eigenvalue weighted by molar-refractivity contribution is 0.307. The first kappa shape index (κ1) is 23.1. The topological polar surface area (TPSA) is 59.9 Å². The van der Waals surface area contributed by atoms with Crippen LogP contribution in [0.2, 0.25) is 0 Å². The molecule has 34 heavy (non-hydrogen) atoms. The van der Waals surface area contributed by atoms with Crippen molar-refractivity contribution in [2.45, 2.75) is 6.61 Å². The number of fused-ring (bicyclic) bond motifs is 1. The first-order chi connectivity index (χ1) is 16.0. The summed E-state index contributed by atoms with van der Waals surface area (Å²) in [6.07, 6.45) is 3.22. The smallest absolute Gasteiger partial charge is 0.279 e. The van der Waals surface area contributed by atoms with E-state index in [1.54, 1.807) is 60.9 Å². The quantitative estimate of drug-likeness (QED) is 0.321. The van der Waals surface area contributed by atoms with Crippen molar-refractivity contribution in [3.63, 3.8) is 0 Å². The first-order valence-corrected chi connectivity index (χ1v) is 10.0. The number of hydrogen-bond acceptors (Lipinski definition) is 3. The summed E-state index contributed by atoms with van der Waals surface area (Å²) < 4.78 is 48.0. The van der Waals surface area contributed by atoms with Crippen molar-refractivity contribution >= 4 is 23.3 Å². The number of benzene rings is 3. The molecule has 0 atom stereocenters. The number of pyridine rings is 1. The molecular weight excluding hydrogens is 467 g/mol. The van der Waals surface area contributed by atoms with Gasteiger partial charge in [-0.2, -0.15) is 0 Å². The number of hydrogen-bond donors (Lipinski definition) is 1. The van der Waals surface area contributed by atoms with Gasteiger partial charge in [0.15, 0.2) is 11.6 Å². The first-order valence-electron chi connectivity index (χ1n) is 10.0. The molecule has 0 unspecified atom stereocenters. The van der Waals surface area contributed by atoms with Crippen LogP contribution in [0.25, 0.3) is 27.7 Å². The Morgan fingerprint density at radius 3 is 2.41 bits per heavy atom. The Morgan fingerprint density at radius 2 is 1.68 bits per heavy atom. The highest BCUT2D eigenvalue weighted by Gasteiger charge is 2.13. The SMILES string of the molecule is Cl.O=c1c2cccc(COc3ccc(-c4cc(F)c(F)cc4F)cc3)c2[nH]n1-c1cccnc1. The van der Waals surface area contributed by atoms with Gasteiger partial charge in [0, 0.05) is 23.4 Å². The van der Waals surface area contributed by atoms with E-state index in [-0.39, 0.29) is 30.1 Å². The number of para-hydroxylation sites is 1. The van der Waals surface area contributed by atoms with Crippen LogP contribution >= 0.6 is 12.4 Å². The molecule has 2 aromatic heterocycles. The van der Waals surface area contributed by atoms with Crippen molar-refractivity contribution in [3.8, 4) is 22.6 Å². The van der Waals surface area contributed by atoms with Crippen LogP contribution < -0.4 is 10.3 Å². The van der Waals surface area contributed by atoms with Crippen LogP contribution in [-0.4, -0.2) is 14.8 Å². The Bertz CT molecular complexity index is 1520. The fourth-order valence-electron chi connectivity index (χ4n) is 3.62. The van der Waals surface area contributed by atoms with E-state index in [1.807, 2.05) is 6.07 Å². The predicted octanol–water partition coefficient (Wildman–Crippen LogP) is 5.80. The molecule has 2 heterocycles. The average molecular weight is 484 g/mol. The standard InChI is InChI=1S/C25H16F3N3O2.ClH/c26-21-12-23(28)22(27)11-20(21)15-6-8-18(9-7-15)33-14-16-3-1-5-19-24(16)30-31(25(19)32)17-4-2-10-29-13-17;/h1-13,30H,14H2;1H. The summed E-state index contributed by atoms with van der Waals surface area (Å²) in [6, 6.07) is 16.6. The van der Waals surface area contributed by atoms with Gasteiger partial charge < -0.3 is 4.74 Å². The minimum absolute atomic E-state index is 0. The maximum absolute atomic E-state index is 14.0. The molecule has 0 aliphatic rings. The van der Waals surface area contributed by atoms with Crippen LogP contribution in [0, 0.1) is 17.5 Å². The molecule has 5 aromatic rings. The van der Waals surface area contributed by atoms with Gasteiger partial charge in [-0.05, 0) is 42.0 Å². The van der Waals surface area contributed by atoms with Gasteiger partial charge in [-0.1, -0.05) is 24.3 Å². The summed E-state index contributed by atoms with van der Waals surface area (Å²) in [7, 11) is 0. The molecule has 5 nitrogen and oxygen atoms in total. The summed E-state index contributed by atoms with van der Waals surface area (Å²) in [5, 5.41) is 3.63. The van der Waals surface area contributed by atoms with Gasteiger partial charge in [0.2, 0.25) is 0 Å². The Hall–Kier alpha value is -4.04. The van der Waals surface area contributed by atoms with E-state index in [0.717, 1.165) is 11.6 Å². The third kappa shape index (κ3) is 4.27. The number of aromatic nitrogens is 3. The molecule has 0 aliphatic heterocycles. The van der Waals surface area contributed by atoms with Crippen LogP contribution in [0.1, 0.15) is 5.56 Å². The van der Waals surface area contributed by atoms with Crippen molar-refractivity contribution < 1.29 is 17.9 Å². The lowest BCUT2D eigenvalue weighted by Gasteiger charge is -2.09. The molecule has 0 saturated carbocycles. The van der Waals surface area contributed by atoms with Gasteiger partial charge in [-0.15, -0.1) is 12.4 Å². The summed E-state index contributed by atoms with van der Waals surface area (Å²) in [4.78, 5) is 16.8. The summed E-state index contributed by atoms with van der Waals surface area (Å²) in [5.41, 5.74) is 2.18. The minimum atomic E-state index is -1.24. The molecule has 0 aliphatic carbocycles. The number of rotatable bonds is 5. The highest BCUT2D eigenvalue weighted by molar-refractivity contribution is 5.85. The molecule has 0 saturated heterocycles. The van der Waals surface area contributed by atoms with Gasteiger partial charge in [0.1, 0.15) is 18.2 Å². The van der Waals surface area contributed by atoms with Gasteiger partial charge in [0.25, 0.3) is 5.56 Å². The zero-order valence-electron chi connectivity index (χ0n) is 17.5. The number of ether oxygens (including phenoxy) is 1. The van der Waals surface area contributed by atoms with Crippen LogP contribution in [0.3, 0.4) is 0 Å². The van der Waals surface area contributed by atoms with E-state index in [1.165, 1.54) is 4.68 Å². The van der Waals surface area contributed by atoms with Gasteiger partial charge in [-0.3, -0.25) is 14.9 Å². The number of nitrogens with one attached hydrogen (secondary N) is 1. The second-order valence-corrected chi connectivity index (χ2v) is 7.36. The molecule has 9 heteroatoms. The van der Waals surface area contributed by atoms with Crippen LogP contribution in [0.15, 0.2) is 83.9 Å². The molecule has 0 spiro atoms. The van der Waals surface area contributed by atoms with E-state index in [4.69, 9.17) is 4.74 Å². The third-order valence-corrected chi connectivity index (χ3v) is 5.28. The second kappa shape index (κ2) is 9.44. The number of aromatic amines is 1.